The topological polar surface area (TPSA) is 77.9 Å². The number of hydrogen-bond donors (Lipinski definition) is 1. The maximum Gasteiger partial charge on any atom is 0.306 e. The fraction of sp³-hybridized carbons (Fsp3) is 0.471. The van der Waals surface area contributed by atoms with Crippen LogP contribution in [-0.2, 0) is 9.59 Å². The number of piperidine rings is 1. The molecular formula is C17H22N2O4S. The van der Waals surface area contributed by atoms with E-state index in [1.165, 1.54) is 4.90 Å². The van der Waals surface area contributed by atoms with Crippen molar-refractivity contribution in [3.05, 3.63) is 29.8 Å². The molecule has 2 rings (SSSR count). The molecule has 1 saturated heterocycles. The number of nitrogens with zero attached hydrogens (tertiary/aromatic N) is 2. The van der Waals surface area contributed by atoms with Gasteiger partial charge in [0.05, 0.1) is 12.5 Å². The van der Waals surface area contributed by atoms with Gasteiger partial charge in [0.15, 0.2) is 0 Å². The Hall–Kier alpha value is -2.02. The minimum Gasteiger partial charge on any atom is -0.481 e. The molecule has 0 bridgehead atoms. The number of thioether (sulfide) groups is 1. The molecule has 0 aromatic heterocycles. The third-order valence-corrected chi connectivity index (χ3v) is 5.00. The molecule has 1 heterocycles. The van der Waals surface area contributed by atoms with Crippen LogP contribution in [0.1, 0.15) is 23.2 Å². The van der Waals surface area contributed by atoms with Gasteiger partial charge in [-0.25, -0.2) is 0 Å². The number of carboxylic acid groups (broad SMARTS) is 1. The van der Waals surface area contributed by atoms with E-state index < -0.39 is 5.97 Å². The third kappa shape index (κ3) is 4.50. The zero-order valence-electron chi connectivity index (χ0n) is 13.9. The van der Waals surface area contributed by atoms with Crippen LogP contribution >= 0.6 is 11.8 Å². The second-order valence-corrected chi connectivity index (χ2v) is 6.76. The van der Waals surface area contributed by atoms with E-state index in [4.69, 9.17) is 5.11 Å². The molecule has 2 amide bonds. The Balaban J connectivity index is 1.89. The zero-order valence-corrected chi connectivity index (χ0v) is 14.7. The van der Waals surface area contributed by atoms with E-state index >= 15 is 0 Å². The van der Waals surface area contributed by atoms with Gasteiger partial charge in [0.2, 0.25) is 5.91 Å². The van der Waals surface area contributed by atoms with Gasteiger partial charge >= 0.3 is 5.97 Å². The van der Waals surface area contributed by atoms with E-state index in [9.17, 15) is 14.4 Å². The molecule has 6 nitrogen and oxygen atoms in total. The molecule has 1 aromatic rings. The minimum atomic E-state index is -0.803. The Morgan fingerprint density at radius 3 is 2.29 bits per heavy atom. The van der Waals surface area contributed by atoms with Crippen molar-refractivity contribution in [2.45, 2.75) is 17.7 Å². The Morgan fingerprint density at radius 1 is 1.21 bits per heavy atom. The number of benzene rings is 1. The average Bonchev–Trinajstić information content (AvgIpc) is 2.61. The van der Waals surface area contributed by atoms with E-state index in [-0.39, 0.29) is 24.3 Å². The van der Waals surface area contributed by atoms with Crippen molar-refractivity contribution in [1.29, 1.82) is 0 Å². The first-order valence-corrected chi connectivity index (χ1v) is 9.05. The first-order valence-electron chi connectivity index (χ1n) is 7.82. The summed E-state index contributed by atoms with van der Waals surface area (Å²) in [4.78, 5) is 39.7. The van der Waals surface area contributed by atoms with Gasteiger partial charge in [0, 0.05) is 30.6 Å². The Kier molecular flexibility index (Phi) is 6.25. The van der Waals surface area contributed by atoms with Crippen molar-refractivity contribution in [3.8, 4) is 0 Å². The van der Waals surface area contributed by atoms with Gasteiger partial charge in [-0.15, -0.1) is 11.8 Å². The number of amides is 2. The second kappa shape index (κ2) is 8.19. The van der Waals surface area contributed by atoms with Crippen LogP contribution in [0.15, 0.2) is 29.2 Å². The SMILES string of the molecule is CSc1ccc(C(=O)N(C)CC(=O)N2CCC(C(=O)O)CC2)cc1. The molecular weight excluding hydrogens is 328 g/mol. The number of aliphatic carboxylic acids is 1. The van der Waals surface area contributed by atoms with Crippen molar-refractivity contribution >= 4 is 29.5 Å². The summed E-state index contributed by atoms with van der Waals surface area (Å²) < 4.78 is 0. The van der Waals surface area contributed by atoms with Crippen LogP contribution in [-0.4, -0.2) is 65.6 Å². The Labute approximate surface area is 145 Å². The van der Waals surface area contributed by atoms with Crippen LogP contribution < -0.4 is 0 Å². The molecule has 0 atom stereocenters. The average molecular weight is 350 g/mol. The Morgan fingerprint density at radius 2 is 1.79 bits per heavy atom. The van der Waals surface area contributed by atoms with E-state index in [0.29, 0.717) is 31.5 Å². The monoisotopic (exact) mass is 350 g/mol. The van der Waals surface area contributed by atoms with Crippen LogP contribution in [0.4, 0.5) is 0 Å². The van der Waals surface area contributed by atoms with Crippen molar-refractivity contribution in [2.24, 2.45) is 5.92 Å². The highest BCUT2D eigenvalue weighted by Crippen LogP contribution is 2.18. The number of carbonyl (C=O) groups is 3. The van der Waals surface area contributed by atoms with Crippen LogP contribution in [0.5, 0.6) is 0 Å². The van der Waals surface area contributed by atoms with Gasteiger partial charge in [0.25, 0.3) is 5.91 Å². The predicted octanol–water partition coefficient (Wildman–Crippen LogP) is 1.80. The summed E-state index contributed by atoms with van der Waals surface area (Å²) in [6.45, 7) is 0.862. The lowest BCUT2D eigenvalue weighted by atomic mass is 9.97. The molecule has 0 spiro atoms. The van der Waals surface area contributed by atoms with Crippen molar-refractivity contribution < 1.29 is 19.5 Å². The molecule has 0 radical (unpaired) electrons. The van der Waals surface area contributed by atoms with Gasteiger partial charge in [-0.1, -0.05) is 0 Å². The summed E-state index contributed by atoms with van der Waals surface area (Å²) in [5.74, 6) is -1.52. The van der Waals surface area contributed by atoms with Crippen LogP contribution in [0.25, 0.3) is 0 Å². The summed E-state index contributed by atoms with van der Waals surface area (Å²) in [7, 11) is 1.60. The summed E-state index contributed by atoms with van der Waals surface area (Å²) in [6.07, 6.45) is 2.90. The lowest BCUT2D eigenvalue weighted by Crippen LogP contribution is -2.45. The normalized spacial score (nSPS) is 15.2. The smallest absolute Gasteiger partial charge is 0.306 e. The highest BCUT2D eigenvalue weighted by Gasteiger charge is 2.28. The molecule has 0 aliphatic carbocycles. The zero-order chi connectivity index (χ0) is 17.7. The molecule has 0 unspecified atom stereocenters. The quantitative estimate of drug-likeness (QED) is 0.820. The van der Waals surface area contributed by atoms with Crippen LogP contribution in [0.3, 0.4) is 0 Å². The molecule has 24 heavy (non-hydrogen) atoms. The first kappa shape index (κ1) is 18.3. The lowest BCUT2D eigenvalue weighted by molar-refractivity contribution is -0.145. The molecule has 1 fully saturated rings. The van der Waals surface area contributed by atoms with Gasteiger partial charge in [-0.2, -0.15) is 0 Å². The number of hydrogen-bond acceptors (Lipinski definition) is 4. The lowest BCUT2D eigenvalue weighted by Gasteiger charge is -2.31. The van der Waals surface area contributed by atoms with Crippen LogP contribution in [0, 0.1) is 5.92 Å². The molecule has 0 saturated carbocycles. The largest absolute Gasteiger partial charge is 0.481 e. The van der Waals surface area contributed by atoms with E-state index in [1.54, 1.807) is 35.8 Å². The summed E-state index contributed by atoms with van der Waals surface area (Å²) in [5, 5.41) is 8.99. The number of likely N-dealkylation sites (tertiary alicyclic amines) is 1. The molecule has 130 valence electrons. The first-order chi connectivity index (χ1) is 11.4. The van der Waals surface area contributed by atoms with Crippen molar-refractivity contribution in [1.82, 2.24) is 9.80 Å². The second-order valence-electron chi connectivity index (χ2n) is 5.88. The molecule has 1 aromatic carbocycles. The maximum atomic E-state index is 12.4. The number of likely N-dealkylation sites (N-methyl/N-ethyl adjacent to an activating group) is 1. The third-order valence-electron chi connectivity index (χ3n) is 4.25. The molecule has 1 aliphatic rings. The van der Waals surface area contributed by atoms with Gasteiger partial charge in [-0.3, -0.25) is 14.4 Å². The molecule has 1 aliphatic heterocycles. The van der Waals surface area contributed by atoms with E-state index in [0.717, 1.165) is 4.90 Å². The summed E-state index contributed by atoms with van der Waals surface area (Å²) >= 11 is 1.60. The highest BCUT2D eigenvalue weighted by atomic mass is 32.2. The highest BCUT2D eigenvalue weighted by molar-refractivity contribution is 7.98. The van der Waals surface area contributed by atoms with Crippen molar-refractivity contribution in [2.75, 3.05) is 32.9 Å². The van der Waals surface area contributed by atoms with E-state index in [1.807, 2.05) is 18.4 Å². The van der Waals surface area contributed by atoms with Gasteiger partial charge < -0.3 is 14.9 Å². The van der Waals surface area contributed by atoms with E-state index in [2.05, 4.69) is 0 Å². The number of carboxylic acids is 1. The fourth-order valence-corrected chi connectivity index (χ4v) is 3.11. The molecule has 7 heteroatoms. The van der Waals surface area contributed by atoms with Gasteiger partial charge in [-0.05, 0) is 43.4 Å². The summed E-state index contributed by atoms with van der Waals surface area (Å²) in [5.41, 5.74) is 0.549. The van der Waals surface area contributed by atoms with Gasteiger partial charge in [0.1, 0.15) is 0 Å². The predicted molar refractivity (Wildman–Crippen MR) is 92.1 cm³/mol. The minimum absolute atomic E-state index is 0.000844. The van der Waals surface area contributed by atoms with Crippen LogP contribution in [0.2, 0.25) is 0 Å². The number of carbonyl (C=O) groups excluding carboxylic acids is 2. The maximum absolute atomic E-state index is 12.4. The standard InChI is InChI=1S/C17H22N2O4S/c1-18(16(21)12-3-5-14(24-2)6-4-12)11-15(20)19-9-7-13(8-10-19)17(22)23/h3-6,13H,7-11H2,1-2H3,(H,22,23). The fourth-order valence-electron chi connectivity index (χ4n) is 2.70. The van der Waals surface area contributed by atoms with Crippen molar-refractivity contribution in [3.63, 3.8) is 0 Å². The molecule has 1 N–H and O–H groups in total. The number of rotatable bonds is 5. The summed E-state index contributed by atoms with van der Waals surface area (Å²) in [6, 6.07) is 7.27. The Bertz CT molecular complexity index is 610.